The number of carbonyl (C=O) groups is 1. The van der Waals surface area contributed by atoms with Gasteiger partial charge in [-0.25, -0.2) is 4.79 Å². The van der Waals surface area contributed by atoms with Crippen molar-refractivity contribution in [2.45, 2.75) is 31.5 Å². The maximum absolute atomic E-state index is 12.7. The number of benzene rings is 1. The number of ether oxygens (including phenoxy) is 1. The maximum Gasteiger partial charge on any atom is 0.401 e. The fraction of sp³-hybridized carbons (Fsp3) is 0.667. The number of nitrogens with one attached hydrogen (secondary N) is 1. The molecule has 2 aliphatic heterocycles. The third kappa shape index (κ3) is 6.50. The number of likely N-dealkylation sites (tertiary alicyclic amines) is 1. The summed E-state index contributed by atoms with van der Waals surface area (Å²) in [5.74, 6) is 0.778. The first-order chi connectivity index (χ1) is 14.4. The van der Waals surface area contributed by atoms with Crippen molar-refractivity contribution in [2.24, 2.45) is 0 Å². The predicted octanol–water partition coefficient (Wildman–Crippen LogP) is 3.11. The minimum atomic E-state index is -4.21. The number of halogens is 3. The van der Waals surface area contributed by atoms with E-state index in [1.165, 1.54) is 4.90 Å². The van der Waals surface area contributed by atoms with Gasteiger partial charge in [0.05, 0.1) is 19.7 Å². The highest BCUT2D eigenvalue weighted by atomic mass is 19.4. The summed E-state index contributed by atoms with van der Waals surface area (Å²) in [5.41, 5.74) is 1.09. The molecule has 0 aliphatic carbocycles. The van der Waals surface area contributed by atoms with Crippen molar-refractivity contribution in [2.75, 3.05) is 59.5 Å². The van der Waals surface area contributed by atoms with Crippen LogP contribution in [0, 0.1) is 0 Å². The fourth-order valence-electron chi connectivity index (χ4n) is 4.24. The Balaban J connectivity index is 1.58. The van der Waals surface area contributed by atoms with Crippen LogP contribution < -0.4 is 10.1 Å². The van der Waals surface area contributed by atoms with Gasteiger partial charge >= 0.3 is 12.2 Å². The summed E-state index contributed by atoms with van der Waals surface area (Å²) >= 11 is 0. The first-order valence-corrected chi connectivity index (χ1v) is 10.6. The number of rotatable bonds is 6. The monoisotopic (exact) mass is 428 g/mol. The van der Waals surface area contributed by atoms with E-state index in [1.54, 1.807) is 12.0 Å². The van der Waals surface area contributed by atoms with E-state index in [0.29, 0.717) is 32.6 Å². The summed E-state index contributed by atoms with van der Waals surface area (Å²) in [5, 5.41) is 3.02. The molecular weight excluding hydrogens is 397 g/mol. The lowest BCUT2D eigenvalue weighted by Gasteiger charge is -2.30. The van der Waals surface area contributed by atoms with Gasteiger partial charge in [-0.2, -0.15) is 13.2 Å². The molecule has 6 nitrogen and oxygen atoms in total. The summed E-state index contributed by atoms with van der Waals surface area (Å²) in [4.78, 5) is 18.1. The van der Waals surface area contributed by atoms with Crippen LogP contribution in [-0.2, 0) is 0 Å². The van der Waals surface area contributed by atoms with Crippen molar-refractivity contribution in [1.29, 1.82) is 0 Å². The molecule has 1 N–H and O–H groups in total. The lowest BCUT2D eigenvalue weighted by Crippen LogP contribution is -2.45. The quantitative estimate of drug-likeness (QED) is 0.757. The van der Waals surface area contributed by atoms with E-state index in [9.17, 15) is 18.0 Å². The van der Waals surface area contributed by atoms with Crippen molar-refractivity contribution < 1.29 is 22.7 Å². The smallest absolute Gasteiger partial charge is 0.401 e. The standard InChI is InChI=1S/C21H31F3N4O2/c1-30-18-7-4-6-17(14-18)19(27-9-2-3-10-27)15-25-20(29)28-11-5-8-26(12-13-28)16-21(22,23)24/h4,6-7,14,19H,2-3,5,8-13,15-16H2,1H3,(H,25,29). The number of amides is 2. The van der Waals surface area contributed by atoms with Crippen LogP contribution in [-0.4, -0.2) is 86.4 Å². The van der Waals surface area contributed by atoms with E-state index in [2.05, 4.69) is 10.2 Å². The normalized spacial score (nSPS) is 20.1. The van der Waals surface area contributed by atoms with Gasteiger partial charge in [0.2, 0.25) is 0 Å². The number of nitrogens with zero attached hydrogens (tertiary/aromatic N) is 3. The average molecular weight is 428 g/mol. The van der Waals surface area contributed by atoms with Crippen molar-refractivity contribution in [3.63, 3.8) is 0 Å². The van der Waals surface area contributed by atoms with Gasteiger partial charge in [0.25, 0.3) is 0 Å². The molecule has 0 radical (unpaired) electrons. The molecule has 30 heavy (non-hydrogen) atoms. The summed E-state index contributed by atoms with van der Waals surface area (Å²) in [6.45, 7) is 2.84. The Kier molecular flexibility index (Phi) is 7.82. The maximum atomic E-state index is 12.7. The van der Waals surface area contributed by atoms with E-state index in [-0.39, 0.29) is 18.6 Å². The van der Waals surface area contributed by atoms with E-state index in [1.807, 2.05) is 24.3 Å². The van der Waals surface area contributed by atoms with E-state index >= 15 is 0 Å². The summed E-state index contributed by atoms with van der Waals surface area (Å²) in [6.07, 6.45) is -1.41. The van der Waals surface area contributed by atoms with Crippen LogP contribution in [0.1, 0.15) is 30.9 Å². The van der Waals surface area contributed by atoms with Gasteiger partial charge < -0.3 is 15.0 Å². The minimum absolute atomic E-state index is 0.0419. The second-order valence-corrected chi connectivity index (χ2v) is 7.95. The fourth-order valence-corrected chi connectivity index (χ4v) is 4.24. The Labute approximate surface area is 175 Å². The Bertz CT molecular complexity index is 695. The van der Waals surface area contributed by atoms with Crippen LogP contribution in [0.15, 0.2) is 24.3 Å². The number of alkyl halides is 3. The molecule has 1 aromatic carbocycles. The molecule has 2 heterocycles. The van der Waals surface area contributed by atoms with Crippen LogP contribution >= 0.6 is 0 Å². The number of hydrogen-bond donors (Lipinski definition) is 1. The van der Waals surface area contributed by atoms with Crippen LogP contribution in [0.25, 0.3) is 0 Å². The van der Waals surface area contributed by atoms with Gasteiger partial charge in [0, 0.05) is 32.7 Å². The molecule has 0 spiro atoms. The van der Waals surface area contributed by atoms with Gasteiger partial charge in [0.15, 0.2) is 0 Å². The first-order valence-electron chi connectivity index (χ1n) is 10.6. The zero-order valence-electron chi connectivity index (χ0n) is 17.5. The highest BCUT2D eigenvalue weighted by Crippen LogP contribution is 2.27. The molecule has 2 aliphatic rings. The molecule has 3 rings (SSSR count). The topological polar surface area (TPSA) is 48.1 Å². The Hall–Kier alpha value is -2.00. The van der Waals surface area contributed by atoms with Gasteiger partial charge in [-0.1, -0.05) is 12.1 Å². The van der Waals surface area contributed by atoms with Crippen molar-refractivity contribution in [3.05, 3.63) is 29.8 Å². The molecule has 0 aromatic heterocycles. The molecule has 2 amide bonds. The van der Waals surface area contributed by atoms with Crippen molar-refractivity contribution in [1.82, 2.24) is 20.0 Å². The zero-order valence-corrected chi connectivity index (χ0v) is 17.5. The van der Waals surface area contributed by atoms with Gasteiger partial charge in [-0.05, 0) is 50.0 Å². The third-order valence-corrected chi connectivity index (χ3v) is 5.79. The Morgan fingerprint density at radius 1 is 1.10 bits per heavy atom. The summed E-state index contributed by atoms with van der Waals surface area (Å²) in [7, 11) is 1.63. The summed E-state index contributed by atoms with van der Waals surface area (Å²) < 4.78 is 43.3. The van der Waals surface area contributed by atoms with Crippen LogP contribution in [0.4, 0.5) is 18.0 Å². The highest BCUT2D eigenvalue weighted by molar-refractivity contribution is 5.74. The van der Waals surface area contributed by atoms with E-state index < -0.39 is 12.7 Å². The zero-order chi connectivity index (χ0) is 21.6. The molecule has 1 aromatic rings. The Morgan fingerprint density at radius 3 is 2.57 bits per heavy atom. The number of urea groups is 1. The largest absolute Gasteiger partial charge is 0.497 e. The number of carbonyl (C=O) groups excluding carboxylic acids is 1. The predicted molar refractivity (Wildman–Crippen MR) is 109 cm³/mol. The number of methoxy groups -OCH3 is 1. The number of hydrogen-bond acceptors (Lipinski definition) is 4. The minimum Gasteiger partial charge on any atom is -0.497 e. The van der Waals surface area contributed by atoms with E-state index in [0.717, 1.165) is 37.2 Å². The third-order valence-electron chi connectivity index (χ3n) is 5.79. The lowest BCUT2D eigenvalue weighted by molar-refractivity contribution is -0.145. The molecule has 168 valence electrons. The van der Waals surface area contributed by atoms with Crippen LogP contribution in [0.2, 0.25) is 0 Å². The molecule has 2 saturated heterocycles. The molecule has 1 unspecified atom stereocenters. The van der Waals surface area contributed by atoms with Gasteiger partial charge in [-0.15, -0.1) is 0 Å². The van der Waals surface area contributed by atoms with E-state index in [4.69, 9.17) is 4.74 Å². The van der Waals surface area contributed by atoms with Crippen molar-refractivity contribution >= 4 is 6.03 Å². The molecule has 0 saturated carbocycles. The molecule has 2 fully saturated rings. The second-order valence-electron chi connectivity index (χ2n) is 7.95. The molecule has 0 bridgehead atoms. The highest BCUT2D eigenvalue weighted by Gasteiger charge is 2.32. The lowest BCUT2D eigenvalue weighted by atomic mass is 10.1. The molecule has 1 atom stereocenters. The first kappa shape index (κ1) is 22.7. The average Bonchev–Trinajstić information content (AvgIpc) is 3.14. The Morgan fingerprint density at radius 2 is 1.87 bits per heavy atom. The van der Waals surface area contributed by atoms with Crippen LogP contribution in [0.3, 0.4) is 0 Å². The molecule has 9 heteroatoms. The SMILES string of the molecule is COc1cccc(C(CNC(=O)N2CCCN(CC(F)(F)F)CC2)N2CCCC2)c1. The van der Waals surface area contributed by atoms with Crippen molar-refractivity contribution in [3.8, 4) is 5.75 Å². The second kappa shape index (κ2) is 10.3. The van der Waals surface area contributed by atoms with Gasteiger partial charge in [0.1, 0.15) is 5.75 Å². The van der Waals surface area contributed by atoms with Gasteiger partial charge in [-0.3, -0.25) is 9.80 Å². The summed E-state index contributed by atoms with van der Waals surface area (Å²) in [6, 6.07) is 7.71. The van der Waals surface area contributed by atoms with Crippen LogP contribution in [0.5, 0.6) is 5.75 Å². The molecular formula is C21H31F3N4O2.